The highest BCUT2D eigenvalue weighted by Crippen LogP contribution is 2.30. The molecule has 0 saturated carbocycles. The number of carboxylic acid groups (broad SMARTS) is 1. The van der Waals surface area contributed by atoms with Gasteiger partial charge in [-0.05, 0) is 23.8 Å². The van der Waals surface area contributed by atoms with Gasteiger partial charge < -0.3 is 19.5 Å². The lowest BCUT2D eigenvalue weighted by Gasteiger charge is -2.25. The van der Waals surface area contributed by atoms with Gasteiger partial charge in [-0.15, -0.1) is 0 Å². The van der Waals surface area contributed by atoms with E-state index in [0.29, 0.717) is 0 Å². The Morgan fingerprint density at radius 3 is 2.33 bits per heavy atom. The van der Waals surface area contributed by atoms with Gasteiger partial charge >= 0.3 is 12.6 Å². The van der Waals surface area contributed by atoms with Crippen LogP contribution in [0.4, 0.5) is 8.78 Å². The number of rotatable bonds is 8. The zero-order valence-electron chi connectivity index (χ0n) is 14.8. The monoisotopic (exact) mass is 379 g/mol. The lowest BCUT2D eigenvalue weighted by Crippen LogP contribution is -2.43. The number of benzene rings is 2. The SMILES string of the molecule is COc1ccc(C(=O)N(C)C(Cc2ccccc2)C(=O)O)cc1OC(F)F. The predicted octanol–water partition coefficient (Wildman–Crippen LogP) is 3.06. The first kappa shape index (κ1) is 20.2. The first-order valence-corrected chi connectivity index (χ1v) is 8.00. The van der Waals surface area contributed by atoms with Crippen LogP contribution in [0.25, 0.3) is 0 Å². The van der Waals surface area contributed by atoms with Crippen LogP contribution in [-0.2, 0) is 11.2 Å². The van der Waals surface area contributed by atoms with Crippen LogP contribution in [0.2, 0.25) is 0 Å². The molecular formula is C19H19F2NO5. The Labute approximate surface area is 154 Å². The van der Waals surface area contributed by atoms with Gasteiger partial charge in [-0.1, -0.05) is 30.3 Å². The summed E-state index contributed by atoms with van der Waals surface area (Å²) in [4.78, 5) is 25.4. The predicted molar refractivity (Wildman–Crippen MR) is 93.3 cm³/mol. The van der Waals surface area contributed by atoms with Crippen molar-refractivity contribution in [2.45, 2.75) is 19.1 Å². The van der Waals surface area contributed by atoms with Crippen molar-refractivity contribution in [3.05, 3.63) is 59.7 Å². The highest BCUT2D eigenvalue weighted by Gasteiger charge is 2.28. The van der Waals surface area contributed by atoms with Gasteiger partial charge in [0.1, 0.15) is 6.04 Å². The Bertz CT molecular complexity index is 798. The molecule has 0 aliphatic heterocycles. The van der Waals surface area contributed by atoms with Crippen LogP contribution < -0.4 is 9.47 Å². The second kappa shape index (κ2) is 8.98. The first-order valence-electron chi connectivity index (χ1n) is 8.00. The number of ether oxygens (including phenoxy) is 2. The number of alkyl halides is 2. The highest BCUT2D eigenvalue weighted by molar-refractivity contribution is 5.97. The van der Waals surface area contributed by atoms with Gasteiger partial charge in [-0.25, -0.2) is 4.79 Å². The molecule has 2 rings (SSSR count). The molecule has 2 aromatic carbocycles. The van der Waals surface area contributed by atoms with Crippen LogP contribution in [0.5, 0.6) is 11.5 Å². The molecule has 27 heavy (non-hydrogen) atoms. The molecule has 144 valence electrons. The molecule has 0 aliphatic carbocycles. The molecule has 1 unspecified atom stereocenters. The molecule has 0 heterocycles. The normalized spacial score (nSPS) is 11.7. The maximum Gasteiger partial charge on any atom is 0.387 e. The van der Waals surface area contributed by atoms with E-state index in [2.05, 4.69) is 4.74 Å². The molecule has 0 fully saturated rings. The molecule has 0 aromatic heterocycles. The summed E-state index contributed by atoms with van der Waals surface area (Å²) in [7, 11) is 2.63. The molecule has 0 spiro atoms. The summed E-state index contributed by atoms with van der Waals surface area (Å²) in [6, 6.07) is 11.5. The minimum absolute atomic E-state index is 0.00765. The minimum Gasteiger partial charge on any atom is -0.493 e. The Hall–Kier alpha value is -3.16. The van der Waals surface area contributed by atoms with Crippen molar-refractivity contribution in [1.82, 2.24) is 4.90 Å². The Kier molecular flexibility index (Phi) is 6.70. The van der Waals surface area contributed by atoms with Crippen LogP contribution in [0.1, 0.15) is 15.9 Å². The van der Waals surface area contributed by atoms with Crippen molar-refractivity contribution in [3.63, 3.8) is 0 Å². The maximum atomic E-state index is 12.7. The van der Waals surface area contributed by atoms with Gasteiger partial charge in [0.05, 0.1) is 7.11 Å². The zero-order valence-corrected chi connectivity index (χ0v) is 14.8. The summed E-state index contributed by atoms with van der Waals surface area (Å²) < 4.78 is 34.4. The van der Waals surface area contributed by atoms with Gasteiger partial charge in [0.15, 0.2) is 11.5 Å². The van der Waals surface area contributed by atoms with Crippen LogP contribution >= 0.6 is 0 Å². The minimum atomic E-state index is -3.09. The fourth-order valence-corrected chi connectivity index (χ4v) is 2.57. The molecule has 0 saturated heterocycles. The molecule has 0 bridgehead atoms. The number of halogens is 2. The molecular weight excluding hydrogens is 360 g/mol. The summed E-state index contributed by atoms with van der Waals surface area (Å²) in [5.41, 5.74) is 0.759. The van der Waals surface area contributed by atoms with Crippen molar-refractivity contribution in [3.8, 4) is 11.5 Å². The quantitative estimate of drug-likeness (QED) is 0.763. The molecule has 1 amide bonds. The zero-order chi connectivity index (χ0) is 20.0. The topological polar surface area (TPSA) is 76.1 Å². The van der Waals surface area contributed by atoms with E-state index in [0.717, 1.165) is 16.5 Å². The fraction of sp³-hybridized carbons (Fsp3) is 0.263. The van der Waals surface area contributed by atoms with Crippen LogP contribution in [0, 0.1) is 0 Å². The lowest BCUT2D eigenvalue weighted by atomic mass is 10.0. The number of hydrogen-bond acceptors (Lipinski definition) is 4. The second-order valence-corrected chi connectivity index (χ2v) is 5.70. The van der Waals surface area contributed by atoms with E-state index in [1.807, 2.05) is 0 Å². The number of hydrogen-bond donors (Lipinski definition) is 1. The average molecular weight is 379 g/mol. The molecule has 2 aromatic rings. The second-order valence-electron chi connectivity index (χ2n) is 5.70. The summed E-state index contributed by atoms with van der Waals surface area (Å²) in [6.07, 6.45) is 0.106. The van der Waals surface area contributed by atoms with E-state index in [1.165, 1.54) is 26.3 Å². The third kappa shape index (κ3) is 5.16. The Morgan fingerprint density at radius 2 is 1.78 bits per heavy atom. The van der Waals surface area contributed by atoms with E-state index in [-0.39, 0.29) is 23.5 Å². The van der Waals surface area contributed by atoms with Crippen molar-refractivity contribution in [2.75, 3.05) is 14.2 Å². The molecule has 0 radical (unpaired) electrons. The van der Waals surface area contributed by atoms with E-state index >= 15 is 0 Å². The van der Waals surface area contributed by atoms with Crippen LogP contribution in [-0.4, -0.2) is 48.7 Å². The van der Waals surface area contributed by atoms with Gasteiger partial charge in [0, 0.05) is 19.0 Å². The fourth-order valence-electron chi connectivity index (χ4n) is 2.57. The summed E-state index contributed by atoms with van der Waals surface area (Å²) >= 11 is 0. The van der Waals surface area contributed by atoms with Crippen molar-refractivity contribution in [1.29, 1.82) is 0 Å². The number of methoxy groups -OCH3 is 1. The van der Waals surface area contributed by atoms with Crippen molar-refractivity contribution >= 4 is 11.9 Å². The smallest absolute Gasteiger partial charge is 0.387 e. The molecule has 1 N–H and O–H groups in total. The highest BCUT2D eigenvalue weighted by atomic mass is 19.3. The van der Waals surface area contributed by atoms with Crippen LogP contribution in [0.3, 0.4) is 0 Å². The Balaban J connectivity index is 2.27. The van der Waals surface area contributed by atoms with Gasteiger partial charge in [-0.3, -0.25) is 4.79 Å². The van der Waals surface area contributed by atoms with Gasteiger partial charge in [0.25, 0.3) is 5.91 Å². The summed E-state index contributed by atoms with van der Waals surface area (Å²) in [5, 5.41) is 9.52. The number of aliphatic carboxylic acids is 1. The third-order valence-corrected chi connectivity index (χ3v) is 3.97. The standard InChI is InChI=1S/C19H19F2NO5/c1-22(14(18(24)25)10-12-6-4-3-5-7-12)17(23)13-8-9-15(26-2)16(11-13)27-19(20)21/h3-9,11,14,19H,10H2,1-2H3,(H,24,25). The van der Waals surface area contributed by atoms with E-state index in [1.54, 1.807) is 30.3 Å². The number of amides is 1. The summed E-state index contributed by atoms with van der Waals surface area (Å²) in [5.74, 6) is -2.08. The molecule has 1 atom stereocenters. The molecule has 6 nitrogen and oxygen atoms in total. The van der Waals surface area contributed by atoms with Crippen molar-refractivity contribution < 1.29 is 33.0 Å². The largest absolute Gasteiger partial charge is 0.493 e. The van der Waals surface area contributed by atoms with Crippen molar-refractivity contribution in [2.24, 2.45) is 0 Å². The van der Waals surface area contributed by atoms with E-state index in [9.17, 15) is 23.5 Å². The summed E-state index contributed by atoms with van der Waals surface area (Å²) in [6.45, 7) is -3.09. The van der Waals surface area contributed by atoms with Crippen LogP contribution in [0.15, 0.2) is 48.5 Å². The molecule has 8 heteroatoms. The Morgan fingerprint density at radius 1 is 1.11 bits per heavy atom. The van der Waals surface area contributed by atoms with E-state index in [4.69, 9.17) is 4.74 Å². The maximum absolute atomic E-state index is 12.7. The number of nitrogens with zero attached hydrogens (tertiary/aromatic N) is 1. The number of carboxylic acids is 1. The van der Waals surface area contributed by atoms with E-state index < -0.39 is 24.5 Å². The number of likely N-dealkylation sites (N-methyl/N-ethyl adjacent to an activating group) is 1. The average Bonchev–Trinajstić information content (AvgIpc) is 2.65. The number of carbonyl (C=O) groups excluding carboxylic acids is 1. The lowest BCUT2D eigenvalue weighted by molar-refractivity contribution is -0.141. The molecule has 0 aliphatic rings. The first-order chi connectivity index (χ1) is 12.8. The number of carbonyl (C=O) groups is 2. The van der Waals surface area contributed by atoms with Gasteiger partial charge in [-0.2, -0.15) is 8.78 Å². The van der Waals surface area contributed by atoms with Gasteiger partial charge in [0.2, 0.25) is 0 Å². The third-order valence-electron chi connectivity index (χ3n) is 3.97.